The minimum absolute atomic E-state index is 0.608. The number of carbonyl (C=O) groups is 3. The van der Waals surface area contributed by atoms with Crippen LogP contribution in [0.4, 0.5) is 4.79 Å². The molecule has 0 aromatic carbocycles. The Labute approximate surface area is 140 Å². The third-order valence-corrected chi connectivity index (χ3v) is 3.20. The minimum atomic E-state index is -4.32. The lowest BCUT2D eigenvalue weighted by Gasteiger charge is -2.25. The number of nitrogens with one attached hydrogen (secondary N) is 1. The molecule has 0 aliphatic rings. The summed E-state index contributed by atoms with van der Waals surface area (Å²) in [5.41, 5.74) is -0.805. The number of carbonyl (C=O) groups excluding carboxylic acids is 3. The summed E-state index contributed by atoms with van der Waals surface area (Å²) in [6, 6.07) is -1.35. The van der Waals surface area contributed by atoms with Gasteiger partial charge in [0, 0.05) is 0 Å². The quantitative estimate of drug-likeness (QED) is 0.366. The SMILES string of the molecule is COC(=O)C(NC(=O)OC(C)(C)C)C(C)OC(=O)CCS(=O)(=O)O. The summed E-state index contributed by atoms with van der Waals surface area (Å²) in [6.45, 7) is 6.18. The monoisotopic (exact) mass is 369 g/mol. The molecule has 0 radical (unpaired) electrons. The lowest BCUT2D eigenvalue weighted by atomic mass is 10.2. The second-order valence-electron chi connectivity index (χ2n) is 5.88. The van der Waals surface area contributed by atoms with E-state index in [1.165, 1.54) is 6.92 Å². The predicted octanol–water partition coefficient (Wildman–Crippen LogP) is 0.262. The van der Waals surface area contributed by atoms with Crippen LogP contribution in [0.2, 0.25) is 0 Å². The zero-order valence-electron chi connectivity index (χ0n) is 14.2. The molecule has 0 bridgehead atoms. The van der Waals surface area contributed by atoms with Crippen LogP contribution in [0.25, 0.3) is 0 Å². The molecule has 2 N–H and O–H groups in total. The molecule has 24 heavy (non-hydrogen) atoms. The van der Waals surface area contributed by atoms with E-state index in [4.69, 9.17) is 14.0 Å². The van der Waals surface area contributed by atoms with Crippen LogP contribution in [-0.2, 0) is 33.9 Å². The van der Waals surface area contributed by atoms with Gasteiger partial charge in [-0.2, -0.15) is 8.42 Å². The zero-order chi connectivity index (χ0) is 19.1. The fourth-order valence-electron chi connectivity index (χ4n) is 1.48. The van der Waals surface area contributed by atoms with Gasteiger partial charge < -0.3 is 19.5 Å². The normalized spacial score (nSPS) is 14.2. The summed E-state index contributed by atoms with van der Waals surface area (Å²) in [5, 5.41) is 2.22. The van der Waals surface area contributed by atoms with Crippen molar-refractivity contribution in [2.24, 2.45) is 0 Å². The van der Waals surface area contributed by atoms with E-state index in [0.717, 1.165) is 7.11 Å². The largest absolute Gasteiger partial charge is 0.467 e. The Bertz CT molecular complexity index is 564. The first-order chi connectivity index (χ1) is 10.7. The number of methoxy groups -OCH3 is 1. The van der Waals surface area contributed by atoms with Crippen LogP contribution in [0.1, 0.15) is 34.1 Å². The summed E-state index contributed by atoms with van der Waals surface area (Å²) in [7, 11) is -3.24. The van der Waals surface area contributed by atoms with E-state index in [-0.39, 0.29) is 0 Å². The molecule has 0 aromatic rings. The van der Waals surface area contributed by atoms with E-state index in [0.29, 0.717) is 0 Å². The van der Waals surface area contributed by atoms with Crippen molar-refractivity contribution in [1.82, 2.24) is 5.32 Å². The number of rotatable bonds is 7. The molecule has 0 spiro atoms. The van der Waals surface area contributed by atoms with Crippen molar-refractivity contribution in [2.75, 3.05) is 12.9 Å². The van der Waals surface area contributed by atoms with Crippen LogP contribution in [0.3, 0.4) is 0 Å². The number of esters is 2. The number of alkyl carbamates (subject to hydrolysis) is 1. The van der Waals surface area contributed by atoms with Gasteiger partial charge in [0.05, 0.1) is 19.3 Å². The molecular weight excluding hydrogens is 346 g/mol. The van der Waals surface area contributed by atoms with Gasteiger partial charge in [-0.1, -0.05) is 0 Å². The number of hydrogen-bond acceptors (Lipinski definition) is 8. The molecule has 0 rings (SSSR count). The van der Waals surface area contributed by atoms with Gasteiger partial charge in [0.25, 0.3) is 10.1 Å². The fourth-order valence-corrected chi connectivity index (χ4v) is 1.90. The van der Waals surface area contributed by atoms with Gasteiger partial charge in [-0.15, -0.1) is 0 Å². The van der Waals surface area contributed by atoms with E-state index in [2.05, 4.69) is 10.1 Å². The molecule has 10 nitrogen and oxygen atoms in total. The molecular formula is C13H23NO9S. The summed E-state index contributed by atoms with van der Waals surface area (Å²) < 4.78 is 44.2. The lowest BCUT2D eigenvalue weighted by Crippen LogP contribution is -2.51. The van der Waals surface area contributed by atoms with Crippen molar-refractivity contribution in [1.29, 1.82) is 0 Å². The molecule has 0 aliphatic heterocycles. The van der Waals surface area contributed by atoms with Gasteiger partial charge in [-0.05, 0) is 27.7 Å². The van der Waals surface area contributed by atoms with Crippen LogP contribution < -0.4 is 5.32 Å². The lowest BCUT2D eigenvalue weighted by molar-refractivity contribution is -0.155. The third kappa shape index (κ3) is 10.0. The molecule has 0 saturated carbocycles. The summed E-state index contributed by atoms with van der Waals surface area (Å²) >= 11 is 0. The first-order valence-electron chi connectivity index (χ1n) is 6.97. The van der Waals surface area contributed by atoms with Crippen molar-refractivity contribution in [3.8, 4) is 0 Å². The number of amides is 1. The van der Waals surface area contributed by atoms with E-state index >= 15 is 0 Å². The topological polar surface area (TPSA) is 145 Å². The maximum absolute atomic E-state index is 11.7. The van der Waals surface area contributed by atoms with Gasteiger partial charge in [-0.25, -0.2) is 9.59 Å². The Balaban J connectivity index is 4.83. The molecule has 0 fully saturated rings. The maximum Gasteiger partial charge on any atom is 0.408 e. The average molecular weight is 369 g/mol. The van der Waals surface area contributed by atoms with Gasteiger partial charge >= 0.3 is 18.0 Å². The standard InChI is InChI=1S/C13H23NO9S/c1-8(22-9(15)6-7-24(18,19)20)10(11(16)21-5)14-12(17)23-13(2,3)4/h8,10H,6-7H2,1-5H3,(H,14,17)(H,18,19,20). The van der Waals surface area contributed by atoms with Crippen molar-refractivity contribution in [2.45, 2.75) is 51.9 Å². The van der Waals surface area contributed by atoms with Crippen molar-refractivity contribution < 1.29 is 41.6 Å². The first kappa shape index (κ1) is 22.1. The molecule has 2 atom stereocenters. The van der Waals surface area contributed by atoms with Crippen molar-refractivity contribution in [3.63, 3.8) is 0 Å². The van der Waals surface area contributed by atoms with Gasteiger partial charge in [0.2, 0.25) is 0 Å². The molecule has 11 heteroatoms. The summed E-state index contributed by atoms with van der Waals surface area (Å²) in [4.78, 5) is 35.0. The second-order valence-corrected chi connectivity index (χ2v) is 7.45. The number of hydrogen-bond donors (Lipinski definition) is 2. The highest BCUT2D eigenvalue weighted by Crippen LogP contribution is 2.09. The van der Waals surface area contributed by atoms with Crippen LogP contribution in [0.5, 0.6) is 0 Å². The van der Waals surface area contributed by atoms with Crippen molar-refractivity contribution in [3.05, 3.63) is 0 Å². The van der Waals surface area contributed by atoms with Crippen LogP contribution >= 0.6 is 0 Å². The zero-order valence-corrected chi connectivity index (χ0v) is 15.0. The fraction of sp³-hybridized carbons (Fsp3) is 0.769. The highest BCUT2D eigenvalue weighted by molar-refractivity contribution is 7.85. The average Bonchev–Trinajstić information content (AvgIpc) is 2.38. The Kier molecular flexibility index (Phi) is 8.14. The van der Waals surface area contributed by atoms with E-state index < -0.39 is 58.1 Å². The Morgan fingerprint density at radius 3 is 2.17 bits per heavy atom. The Hall–Kier alpha value is -1.88. The minimum Gasteiger partial charge on any atom is -0.467 e. The summed E-state index contributed by atoms with van der Waals surface area (Å²) in [6.07, 6.45) is -2.68. The molecule has 0 aliphatic carbocycles. The Morgan fingerprint density at radius 2 is 1.75 bits per heavy atom. The molecule has 140 valence electrons. The maximum atomic E-state index is 11.7. The number of ether oxygens (including phenoxy) is 3. The van der Waals surface area contributed by atoms with Gasteiger partial charge in [0.15, 0.2) is 6.04 Å². The van der Waals surface area contributed by atoms with E-state index in [1.807, 2.05) is 0 Å². The van der Waals surface area contributed by atoms with Gasteiger partial charge in [-0.3, -0.25) is 9.35 Å². The summed E-state index contributed by atoms with van der Waals surface area (Å²) in [5.74, 6) is -2.67. The van der Waals surface area contributed by atoms with E-state index in [9.17, 15) is 22.8 Å². The van der Waals surface area contributed by atoms with Crippen LogP contribution in [0.15, 0.2) is 0 Å². The third-order valence-electron chi connectivity index (χ3n) is 2.48. The smallest absolute Gasteiger partial charge is 0.408 e. The predicted molar refractivity (Wildman–Crippen MR) is 81.8 cm³/mol. The van der Waals surface area contributed by atoms with Crippen LogP contribution in [0, 0.1) is 0 Å². The Morgan fingerprint density at radius 1 is 1.21 bits per heavy atom. The van der Waals surface area contributed by atoms with Crippen LogP contribution in [-0.4, -0.2) is 61.6 Å². The molecule has 1 amide bonds. The molecule has 0 aromatic heterocycles. The highest BCUT2D eigenvalue weighted by Gasteiger charge is 2.32. The molecule has 0 saturated heterocycles. The highest BCUT2D eigenvalue weighted by atomic mass is 32.2. The second kappa shape index (κ2) is 8.83. The van der Waals surface area contributed by atoms with Crippen molar-refractivity contribution >= 4 is 28.1 Å². The molecule has 0 heterocycles. The van der Waals surface area contributed by atoms with E-state index in [1.54, 1.807) is 20.8 Å². The first-order valence-corrected chi connectivity index (χ1v) is 8.58. The van der Waals surface area contributed by atoms with Gasteiger partial charge in [0.1, 0.15) is 11.7 Å². The molecule has 2 unspecified atom stereocenters.